The molecule has 6 nitrogen and oxygen atoms in total. The minimum Gasteiger partial charge on any atom is -0.494 e. The van der Waals surface area contributed by atoms with E-state index in [1.165, 1.54) is 0 Å². The van der Waals surface area contributed by atoms with E-state index in [1.807, 2.05) is 31.2 Å². The maximum absolute atomic E-state index is 11.5. The molecule has 6 heteroatoms. The van der Waals surface area contributed by atoms with Crippen molar-refractivity contribution in [2.75, 3.05) is 11.9 Å². The van der Waals surface area contributed by atoms with Crippen LogP contribution in [0.3, 0.4) is 0 Å². The number of aromatic nitrogens is 2. The van der Waals surface area contributed by atoms with Gasteiger partial charge in [-0.1, -0.05) is 18.9 Å². The van der Waals surface area contributed by atoms with Crippen LogP contribution in [0.15, 0.2) is 28.7 Å². The first-order chi connectivity index (χ1) is 9.60. The van der Waals surface area contributed by atoms with Gasteiger partial charge in [-0.05, 0) is 31.2 Å². The summed E-state index contributed by atoms with van der Waals surface area (Å²) in [7, 11) is 0. The SMILES string of the molecule is CCOc1ccc(-c2nnc(NC(=O)C(C)C)o2)cc1. The molecule has 1 heterocycles. The number of carbonyl (C=O) groups is 1. The van der Waals surface area contributed by atoms with Crippen LogP contribution in [0.2, 0.25) is 0 Å². The third kappa shape index (κ3) is 3.34. The van der Waals surface area contributed by atoms with Crippen molar-refractivity contribution in [3.8, 4) is 17.2 Å². The van der Waals surface area contributed by atoms with E-state index >= 15 is 0 Å². The number of hydrogen-bond donors (Lipinski definition) is 1. The predicted octanol–water partition coefficient (Wildman–Crippen LogP) is 2.73. The van der Waals surface area contributed by atoms with E-state index in [1.54, 1.807) is 13.8 Å². The molecule has 0 bridgehead atoms. The van der Waals surface area contributed by atoms with E-state index in [9.17, 15) is 4.79 Å². The lowest BCUT2D eigenvalue weighted by Crippen LogP contribution is -2.17. The van der Waals surface area contributed by atoms with Crippen LogP contribution in [0, 0.1) is 5.92 Å². The molecule has 0 radical (unpaired) electrons. The number of nitrogens with one attached hydrogen (secondary N) is 1. The maximum Gasteiger partial charge on any atom is 0.322 e. The summed E-state index contributed by atoms with van der Waals surface area (Å²) in [6.45, 7) is 6.12. The van der Waals surface area contributed by atoms with Gasteiger partial charge in [-0.2, -0.15) is 0 Å². The van der Waals surface area contributed by atoms with Gasteiger partial charge >= 0.3 is 6.01 Å². The normalized spacial score (nSPS) is 10.6. The Labute approximate surface area is 117 Å². The lowest BCUT2D eigenvalue weighted by molar-refractivity contribution is -0.119. The summed E-state index contributed by atoms with van der Waals surface area (Å²) in [5.74, 6) is 0.832. The number of hydrogen-bond acceptors (Lipinski definition) is 5. The van der Waals surface area contributed by atoms with Crippen molar-refractivity contribution in [3.63, 3.8) is 0 Å². The average Bonchev–Trinajstić information content (AvgIpc) is 2.88. The fraction of sp³-hybridized carbons (Fsp3) is 0.357. The molecule has 1 amide bonds. The molecular formula is C14H17N3O3. The van der Waals surface area contributed by atoms with Gasteiger partial charge in [-0.25, -0.2) is 0 Å². The molecule has 0 unspecified atom stereocenters. The second-order valence-electron chi connectivity index (χ2n) is 4.51. The van der Waals surface area contributed by atoms with Gasteiger partial charge in [0, 0.05) is 11.5 Å². The number of nitrogens with zero attached hydrogens (tertiary/aromatic N) is 2. The molecule has 2 rings (SSSR count). The zero-order chi connectivity index (χ0) is 14.5. The van der Waals surface area contributed by atoms with Crippen molar-refractivity contribution in [2.45, 2.75) is 20.8 Å². The summed E-state index contributed by atoms with van der Waals surface area (Å²) in [4.78, 5) is 11.5. The highest BCUT2D eigenvalue weighted by molar-refractivity contribution is 5.90. The van der Waals surface area contributed by atoms with Crippen LogP contribution >= 0.6 is 0 Å². The molecule has 0 saturated carbocycles. The zero-order valence-corrected chi connectivity index (χ0v) is 11.7. The minimum atomic E-state index is -0.160. The lowest BCUT2D eigenvalue weighted by atomic mass is 10.2. The molecule has 0 fully saturated rings. The van der Waals surface area contributed by atoms with Crippen molar-refractivity contribution < 1.29 is 13.9 Å². The summed E-state index contributed by atoms with van der Waals surface area (Å²) >= 11 is 0. The Hall–Kier alpha value is -2.37. The molecule has 0 aliphatic rings. The van der Waals surface area contributed by atoms with Gasteiger partial charge in [-0.15, -0.1) is 5.10 Å². The van der Waals surface area contributed by atoms with Crippen molar-refractivity contribution in [1.82, 2.24) is 10.2 Å². The van der Waals surface area contributed by atoms with Crippen molar-refractivity contribution in [2.24, 2.45) is 5.92 Å². The summed E-state index contributed by atoms with van der Waals surface area (Å²) in [6.07, 6.45) is 0. The molecule has 0 atom stereocenters. The van der Waals surface area contributed by atoms with Gasteiger partial charge in [0.25, 0.3) is 0 Å². The number of anilines is 1. The van der Waals surface area contributed by atoms with E-state index < -0.39 is 0 Å². The minimum absolute atomic E-state index is 0.104. The zero-order valence-electron chi connectivity index (χ0n) is 11.7. The fourth-order valence-electron chi connectivity index (χ4n) is 1.50. The first-order valence-electron chi connectivity index (χ1n) is 6.47. The Balaban J connectivity index is 2.10. The van der Waals surface area contributed by atoms with Crippen LogP contribution < -0.4 is 10.1 Å². The summed E-state index contributed by atoms with van der Waals surface area (Å²) in [6, 6.07) is 7.41. The van der Waals surface area contributed by atoms with Gasteiger partial charge in [0.05, 0.1) is 6.61 Å². The smallest absolute Gasteiger partial charge is 0.322 e. The second kappa shape index (κ2) is 6.18. The third-order valence-electron chi connectivity index (χ3n) is 2.59. The standard InChI is InChI=1S/C14H17N3O3/c1-4-19-11-7-5-10(6-8-11)13-16-17-14(20-13)15-12(18)9(2)3/h5-9H,4H2,1-3H3,(H,15,17,18). The number of carbonyl (C=O) groups excluding carboxylic acids is 1. The molecule has 1 aromatic carbocycles. The van der Waals surface area contributed by atoms with Crippen molar-refractivity contribution in [3.05, 3.63) is 24.3 Å². The topological polar surface area (TPSA) is 77.3 Å². The number of benzene rings is 1. The van der Waals surface area contributed by atoms with Gasteiger partial charge in [0.2, 0.25) is 11.8 Å². The van der Waals surface area contributed by atoms with E-state index in [0.717, 1.165) is 11.3 Å². The van der Waals surface area contributed by atoms with Crippen LogP contribution in [-0.2, 0) is 4.79 Å². The van der Waals surface area contributed by atoms with Gasteiger partial charge in [-0.3, -0.25) is 10.1 Å². The van der Waals surface area contributed by atoms with Crippen LogP contribution in [0.4, 0.5) is 6.01 Å². The Morgan fingerprint density at radius 3 is 2.60 bits per heavy atom. The Kier molecular flexibility index (Phi) is 4.34. The summed E-state index contributed by atoms with van der Waals surface area (Å²) in [5.41, 5.74) is 0.769. The van der Waals surface area contributed by atoms with Crippen LogP contribution in [-0.4, -0.2) is 22.7 Å². The highest BCUT2D eigenvalue weighted by atomic mass is 16.5. The third-order valence-corrected chi connectivity index (χ3v) is 2.59. The molecular weight excluding hydrogens is 258 g/mol. The molecule has 20 heavy (non-hydrogen) atoms. The fourth-order valence-corrected chi connectivity index (χ4v) is 1.50. The van der Waals surface area contributed by atoms with Gasteiger partial charge in [0.1, 0.15) is 5.75 Å². The van der Waals surface area contributed by atoms with Crippen LogP contribution in [0.1, 0.15) is 20.8 Å². The summed E-state index contributed by atoms with van der Waals surface area (Å²) < 4.78 is 10.8. The first kappa shape index (κ1) is 14.0. The molecule has 0 saturated heterocycles. The van der Waals surface area contributed by atoms with E-state index in [2.05, 4.69) is 15.5 Å². The monoisotopic (exact) mass is 275 g/mol. The van der Waals surface area contributed by atoms with Crippen LogP contribution in [0.25, 0.3) is 11.5 Å². The first-order valence-corrected chi connectivity index (χ1v) is 6.47. The van der Waals surface area contributed by atoms with Crippen molar-refractivity contribution in [1.29, 1.82) is 0 Å². The van der Waals surface area contributed by atoms with E-state index in [0.29, 0.717) is 12.5 Å². The molecule has 0 spiro atoms. The largest absolute Gasteiger partial charge is 0.494 e. The molecule has 1 aromatic heterocycles. The van der Waals surface area contributed by atoms with Gasteiger partial charge < -0.3 is 9.15 Å². The predicted molar refractivity (Wildman–Crippen MR) is 74.4 cm³/mol. The number of rotatable bonds is 5. The Morgan fingerprint density at radius 1 is 1.30 bits per heavy atom. The molecule has 2 aromatic rings. The maximum atomic E-state index is 11.5. The van der Waals surface area contributed by atoms with E-state index in [4.69, 9.17) is 9.15 Å². The highest BCUT2D eigenvalue weighted by Crippen LogP contribution is 2.22. The second-order valence-corrected chi connectivity index (χ2v) is 4.51. The average molecular weight is 275 g/mol. The number of amides is 1. The van der Waals surface area contributed by atoms with Crippen LogP contribution in [0.5, 0.6) is 5.75 Å². The Morgan fingerprint density at radius 2 is 2.00 bits per heavy atom. The van der Waals surface area contributed by atoms with Crippen molar-refractivity contribution >= 4 is 11.9 Å². The van der Waals surface area contributed by atoms with E-state index in [-0.39, 0.29) is 17.8 Å². The summed E-state index contributed by atoms with van der Waals surface area (Å²) in [5, 5.41) is 10.3. The highest BCUT2D eigenvalue weighted by Gasteiger charge is 2.13. The molecule has 0 aliphatic heterocycles. The molecule has 0 aliphatic carbocycles. The lowest BCUT2D eigenvalue weighted by Gasteiger charge is -2.03. The molecule has 1 N–H and O–H groups in total. The van der Waals surface area contributed by atoms with Gasteiger partial charge in [0.15, 0.2) is 0 Å². The quantitative estimate of drug-likeness (QED) is 0.907. The molecule has 106 valence electrons. The Bertz CT molecular complexity index is 576. The number of ether oxygens (including phenoxy) is 1.